The summed E-state index contributed by atoms with van der Waals surface area (Å²) in [5, 5.41) is 1.95. The molecule has 2 aromatic rings. The molecule has 0 bridgehead atoms. The zero-order chi connectivity index (χ0) is 20.7. The van der Waals surface area contributed by atoms with Crippen LogP contribution in [0, 0.1) is 5.92 Å². The molecule has 5 nitrogen and oxygen atoms in total. The standard InChI is InChI=1S/C22H28O5S/c1-15(14-19(23)27-22(3,4)5)21(24)25-16(2)20(18-12-9-13-28-18)26-17-10-7-6-8-11-17/h6-13,15-16,20H,14H2,1-5H3/t15-,16+,20-/m1/s1. The Kier molecular flexibility index (Phi) is 7.63. The van der Waals surface area contributed by atoms with E-state index in [-0.39, 0.29) is 6.42 Å². The van der Waals surface area contributed by atoms with E-state index < -0.39 is 35.7 Å². The molecule has 0 aliphatic heterocycles. The van der Waals surface area contributed by atoms with Gasteiger partial charge in [-0.3, -0.25) is 9.59 Å². The van der Waals surface area contributed by atoms with Crippen LogP contribution in [0.4, 0.5) is 0 Å². The van der Waals surface area contributed by atoms with Crippen LogP contribution in [-0.4, -0.2) is 23.6 Å². The van der Waals surface area contributed by atoms with Crippen LogP contribution >= 0.6 is 11.3 Å². The first-order valence-corrected chi connectivity index (χ1v) is 10.2. The normalized spacial score (nSPS) is 14.6. The molecule has 1 heterocycles. The van der Waals surface area contributed by atoms with Crippen molar-refractivity contribution in [1.82, 2.24) is 0 Å². The van der Waals surface area contributed by atoms with E-state index in [1.54, 1.807) is 46.0 Å². The number of thiophene rings is 1. The van der Waals surface area contributed by atoms with Crippen LogP contribution in [-0.2, 0) is 19.1 Å². The molecule has 0 spiro atoms. The minimum atomic E-state index is -0.599. The van der Waals surface area contributed by atoms with Crippen LogP contribution in [0.15, 0.2) is 47.8 Å². The highest BCUT2D eigenvalue weighted by Crippen LogP contribution is 2.30. The van der Waals surface area contributed by atoms with Gasteiger partial charge in [-0.15, -0.1) is 11.3 Å². The van der Waals surface area contributed by atoms with Crippen molar-refractivity contribution in [2.45, 2.75) is 58.8 Å². The molecule has 0 N–H and O–H groups in total. The average molecular weight is 405 g/mol. The molecule has 152 valence electrons. The average Bonchev–Trinajstić information content (AvgIpc) is 3.12. The topological polar surface area (TPSA) is 61.8 Å². The van der Waals surface area contributed by atoms with Crippen LogP contribution in [0.5, 0.6) is 5.75 Å². The molecule has 0 saturated heterocycles. The number of carbonyl (C=O) groups is 2. The summed E-state index contributed by atoms with van der Waals surface area (Å²) in [4.78, 5) is 25.4. The number of carbonyl (C=O) groups excluding carboxylic acids is 2. The zero-order valence-corrected chi connectivity index (χ0v) is 17.8. The van der Waals surface area contributed by atoms with E-state index in [4.69, 9.17) is 14.2 Å². The number of esters is 2. The molecule has 0 aliphatic carbocycles. The van der Waals surface area contributed by atoms with Crippen LogP contribution in [0.25, 0.3) is 0 Å². The minimum Gasteiger partial charge on any atom is -0.481 e. The molecule has 0 radical (unpaired) electrons. The minimum absolute atomic E-state index is 0.0218. The van der Waals surface area contributed by atoms with Gasteiger partial charge >= 0.3 is 11.9 Å². The van der Waals surface area contributed by atoms with Crippen LogP contribution in [0.3, 0.4) is 0 Å². The van der Waals surface area contributed by atoms with Crippen molar-refractivity contribution in [3.05, 3.63) is 52.7 Å². The van der Waals surface area contributed by atoms with Gasteiger partial charge in [0.15, 0.2) is 6.10 Å². The second-order valence-corrected chi connectivity index (χ2v) is 8.68. The Balaban J connectivity index is 2.01. The maximum atomic E-state index is 12.5. The fraction of sp³-hybridized carbons (Fsp3) is 0.455. The van der Waals surface area contributed by atoms with E-state index in [1.807, 2.05) is 47.8 Å². The molecule has 6 heteroatoms. The van der Waals surface area contributed by atoms with Gasteiger partial charge in [0.2, 0.25) is 0 Å². The van der Waals surface area contributed by atoms with E-state index in [2.05, 4.69) is 0 Å². The largest absolute Gasteiger partial charge is 0.481 e. The Bertz CT molecular complexity index is 749. The highest BCUT2D eigenvalue weighted by atomic mass is 32.1. The van der Waals surface area contributed by atoms with Gasteiger partial charge in [-0.05, 0) is 51.3 Å². The predicted molar refractivity (Wildman–Crippen MR) is 109 cm³/mol. The Labute approximate surface area is 170 Å². The summed E-state index contributed by atoms with van der Waals surface area (Å²) in [6, 6.07) is 13.3. The second-order valence-electron chi connectivity index (χ2n) is 7.70. The molecule has 0 saturated carbocycles. The summed E-state index contributed by atoms with van der Waals surface area (Å²) in [5.41, 5.74) is -0.582. The van der Waals surface area contributed by atoms with E-state index in [0.717, 1.165) is 4.88 Å². The first kappa shape index (κ1) is 22.0. The molecule has 0 aliphatic rings. The number of rotatable bonds is 8. The summed E-state index contributed by atoms with van der Waals surface area (Å²) >= 11 is 1.54. The molecular weight excluding hydrogens is 376 g/mol. The van der Waals surface area contributed by atoms with Crippen LogP contribution in [0.2, 0.25) is 0 Å². The SMILES string of the molecule is C[C@H](CC(=O)OC(C)(C)C)C(=O)O[C@@H](C)[C@@H](Oc1ccccc1)c1cccs1. The maximum Gasteiger partial charge on any atom is 0.309 e. The lowest BCUT2D eigenvalue weighted by atomic mass is 10.1. The summed E-state index contributed by atoms with van der Waals surface area (Å²) in [5.74, 6) is -0.764. The van der Waals surface area contributed by atoms with Crippen LogP contribution in [0.1, 0.15) is 52.0 Å². The van der Waals surface area contributed by atoms with Gasteiger partial charge in [0.1, 0.15) is 17.5 Å². The van der Waals surface area contributed by atoms with Gasteiger partial charge in [-0.1, -0.05) is 31.2 Å². The molecule has 1 aromatic heterocycles. The molecule has 3 atom stereocenters. The van der Waals surface area contributed by atoms with Crippen molar-refractivity contribution in [2.24, 2.45) is 5.92 Å². The smallest absolute Gasteiger partial charge is 0.309 e. The first-order chi connectivity index (χ1) is 13.2. The lowest BCUT2D eigenvalue weighted by Crippen LogP contribution is -2.31. The first-order valence-electron chi connectivity index (χ1n) is 9.33. The number of ether oxygens (including phenoxy) is 3. The van der Waals surface area contributed by atoms with Crippen LogP contribution < -0.4 is 4.74 Å². The number of hydrogen-bond donors (Lipinski definition) is 0. The number of para-hydroxylation sites is 1. The summed E-state index contributed by atoms with van der Waals surface area (Å²) in [6.07, 6.45) is -0.973. The Morgan fingerprint density at radius 2 is 1.71 bits per heavy atom. The Morgan fingerprint density at radius 1 is 1.04 bits per heavy atom. The van der Waals surface area contributed by atoms with Crippen molar-refractivity contribution < 1.29 is 23.8 Å². The molecule has 0 fully saturated rings. The van der Waals surface area contributed by atoms with Gasteiger partial charge in [0.05, 0.1) is 12.3 Å². The number of hydrogen-bond acceptors (Lipinski definition) is 6. The Morgan fingerprint density at radius 3 is 2.29 bits per heavy atom. The van der Waals surface area contributed by atoms with Crippen molar-refractivity contribution in [1.29, 1.82) is 0 Å². The van der Waals surface area contributed by atoms with Crippen molar-refractivity contribution >= 4 is 23.3 Å². The van der Waals surface area contributed by atoms with E-state index in [0.29, 0.717) is 5.75 Å². The third-order valence-corrected chi connectivity index (χ3v) is 4.79. The summed E-state index contributed by atoms with van der Waals surface area (Å²) in [6.45, 7) is 8.84. The molecule has 1 aromatic carbocycles. The molecule has 2 rings (SSSR count). The monoisotopic (exact) mass is 404 g/mol. The number of benzene rings is 1. The molecule has 28 heavy (non-hydrogen) atoms. The van der Waals surface area contributed by atoms with E-state index >= 15 is 0 Å². The van der Waals surface area contributed by atoms with E-state index in [1.165, 1.54) is 0 Å². The van der Waals surface area contributed by atoms with Crippen molar-refractivity contribution in [3.8, 4) is 5.75 Å². The van der Waals surface area contributed by atoms with E-state index in [9.17, 15) is 9.59 Å². The third kappa shape index (κ3) is 7.00. The molecular formula is C22H28O5S. The predicted octanol–water partition coefficient (Wildman–Crippen LogP) is 5.17. The second kappa shape index (κ2) is 9.73. The highest BCUT2D eigenvalue weighted by molar-refractivity contribution is 7.10. The van der Waals surface area contributed by atoms with Gasteiger partial charge in [0, 0.05) is 4.88 Å². The van der Waals surface area contributed by atoms with Gasteiger partial charge in [-0.2, -0.15) is 0 Å². The third-order valence-electron chi connectivity index (χ3n) is 3.85. The maximum absolute atomic E-state index is 12.5. The molecule has 0 amide bonds. The zero-order valence-electron chi connectivity index (χ0n) is 17.0. The molecule has 0 unspecified atom stereocenters. The van der Waals surface area contributed by atoms with Crippen molar-refractivity contribution in [2.75, 3.05) is 0 Å². The highest BCUT2D eigenvalue weighted by Gasteiger charge is 2.29. The van der Waals surface area contributed by atoms with Crippen molar-refractivity contribution in [3.63, 3.8) is 0 Å². The van der Waals surface area contributed by atoms with Gasteiger partial charge in [0.25, 0.3) is 0 Å². The fourth-order valence-corrected chi connectivity index (χ4v) is 3.41. The van der Waals surface area contributed by atoms with Gasteiger partial charge < -0.3 is 14.2 Å². The van der Waals surface area contributed by atoms with Gasteiger partial charge in [-0.25, -0.2) is 0 Å². The quantitative estimate of drug-likeness (QED) is 0.568. The fourth-order valence-electron chi connectivity index (χ4n) is 2.56. The lowest BCUT2D eigenvalue weighted by molar-refractivity contribution is -0.165. The Hall–Kier alpha value is -2.34. The lowest BCUT2D eigenvalue weighted by Gasteiger charge is -2.26. The summed E-state index contributed by atoms with van der Waals surface area (Å²) < 4.78 is 17.0. The summed E-state index contributed by atoms with van der Waals surface area (Å²) in [7, 11) is 0.